The fourth-order valence-electron chi connectivity index (χ4n) is 3.23. The molecule has 0 aliphatic carbocycles. The normalized spacial score (nSPS) is 11.0. The Morgan fingerprint density at radius 1 is 0.714 bits per heavy atom. The Hall–Kier alpha value is -1.06. The van der Waals surface area contributed by atoms with Gasteiger partial charge in [0.25, 0.3) is 0 Å². The molecule has 0 N–H and O–H groups in total. The third-order valence-electron chi connectivity index (χ3n) is 5.04. The molecule has 1 amide bonds. The van der Waals surface area contributed by atoms with Crippen LogP contribution in [0.1, 0.15) is 118 Å². The molecule has 0 fully saturated rings. The molecular weight excluding hydrogens is 350 g/mol. The van der Waals surface area contributed by atoms with Crippen LogP contribution in [0, 0.1) is 5.92 Å². The predicted octanol–water partition coefficient (Wildman–Crippen LogP) is 6.52. The number of amides is 1. The summed E-state index contributed by atoms with van der Waals surface area (Å²) in [5.74, 6) is 0.196. The van der Waals surface area contributed by atoms with Crippen molar-refractivity contribution in [3.63, 3.8) is 0 Å². The standard InChI is InChI=1S/C24H47NO3/c1-5-7-9-11-13-15-19-25(20-16-14-12-10-8-6-2)23(26)17-18-24(27)28-21-22(3)4/h22H,5-21H2,1-4H3. The van der Waals surface area contributed by atoms with Crippen LogP contribution < -0.4 is 0 Å². The van der Waals surface area contributed by atoms with Crippen LogP contribution in [0.25, 0.3) is 0 Å². The fraction of sp³-hybridized carbons (Fsp3) is 0.917. The Kier molecular flexibility index (Phi) is 18.5. The van der Waals surface area contributed by atoms with E-state index in [-0.39, 0.29) is 24.7 Å². The molecule has 0 atom stereocenters. The number of hydrogen-bond donors (Lipinski definition) is 0. The molecule has 0 spiro atoms. The second kappa shape index (κ2) is 19.3. The lowest BCUT2D eigenvalue weighted by molar-refractivity contribution is -0.147. The largest absolute Gasteiger partial charge is 0.465 e. The van der Waals surface area contributed by atoms with Gasteiger partial charge in [-0.3, -0.25) is 9.59 Å². The van der Waals surface area contributed by atoms with Crippen LogP contribution in [0.2, 0.25) is 0 Å². The second-order valence-electron chi connectivity index (χ2n) is 8.49. The molecule has 0 aromatic heterocycles. The van der Waals surface area contributed by atoms with Crippen LogP contribution in [0.5, 0.6) is 0 Å². The second-order valence-corrected chi connectivity index (χ2v) is 8.49. The average molecular weight is 398 g/mol. The van der Waals surface area contributed by atoms with Crippen molar-refractivity contribution in [3.05, 3.63) is 0 Å². The maximum absolute atomic E-state index is 12.6. The van der Waals surface area contributed by atoms with Crippen molar-refractivity contribution in [1.29, 1.82) is 0 Å². The van der Waals surface area contributed by atoms with Gasteiger partial charge < -0.3 is 9.64 Å². The van der Waals surface area contributed by atoms with E-state index in [1.807, 2.05) is 18.7 Å². The van der Waals surface area contributed by atoms with Crippen molar-refractivity contribution >= 4 is 11.9 Å². The van der Waals surface area contributed by atoms with Crippen LogP contribution >= 0.6 is 0 Å². The molecule has 0 bridgehead atoms. The maximum atomic E-state index is 12.6. The molecule has 0 heterocycles. The molecule has 28 heavy (non-hydrogen) atoms. The van der Waals surface area contributed by atoms with Gasteiger partial charge in [-0.2, -0.15) is 0 Å². The smallest absolute Gasteiger partial charge is 0.306 e. The van der Waals surface area contributed by atoms with E-state index < -0.39 is 0 Å². The van der Waals surface area contributed by atoms with Gasteiger partial charge in [0.05, 0.1) is 13.0 Å². The average Bonchev–Trinajstić information content (AvgIpc) is 2.68. The van der Waals surface area contributed by atoms with E-state index in [2.05, 4.69) is 13.8 Å². The third kappa shape index (κ3) is 17.1. The summed E-state index contributed by atoms with van der Waals surface area (Å²) >= 11 is 0. The highest BCUT2D eigenvalue weighted by Gasteiger charge is 2.15. The van der Waals surface area contributed by atoms with Crippen LogP contribution in [0.4, 0.5) is 0 Å². The zero-order chi connectivity index (χ0) is 21.0. The number of nitrogens with zero attached hydrogens (tertiary/aromatic N) is 1. The number of hydrogen-bond acceptors (Lipinski definition) is 3. The lowest BCUT2D eigenvalue weighted by atomic mass is 10.1. The first kappa shape index (κ1) is 26.9. The minimum absolute atomic E-state index is 0.114. The van der Waals surface area contributed by atoms with Gasteiger partial charge >= 0.3 is 5.97 Å². The predicted molar refractivity (Wildman–Crippen MR) is 118 cm³/mol. The molecule has 0 aromatic carbocycles. The van der Waals surface area contributed by atoms with E-state index in [9.17, 15) is 9.59 Å². The quantitative estimate of drug-likeness (QED) is 0.184. The molecule has 166 valence electrons. The van der Waals surface area contributed by atoms with Gasteiger partial charge in [0.2, 0.25) is 5.91 Å². The Bertz CT molecular complexity index is 366. The van der Waals surface area contributed by atoms with Gasteiger partial charge in [0, 0.05) is 19.5 Å². The first-order chi connectivity index (χ1) is 13.5. The van der Waals surface area contributed by atoms with Gasteiger partial charge in [0.15, 0.2) is 0 Å². The van der Waals surface area contributed by atoms with Crippen molar-refractivity contribution in [2.75, 3.05) is 19.7 Å². The molecule has 0 rings (SSSR count). The number of ether oxygens (including phenoxy) is 1. The monoisotopic (exact) mass is 397 g/mol. The van der Waals surface area contributed by atoms with Gasteiger partial charge in [-0.05, 0) is 18.8 Å². The van der Waals surface area contributed by atoms with E-state index in [4.69, 9.17) is 4.74 Å². The molecule has 0 aliphatic rings. The molecule has 4 nitrogen and oxygen atoms in total. The zero-order valence-electron chi connectivity index (χ0n) is 19.3. The van der Waals surface area contributed by atoms with E-state index in [0.717, 1.165) is 25.9 Å². The summed E-state index contributed by atoms with van der Waals surface area (Å²) in [5, 5.41) is 0. The van der Waals surface area contributed by atoms with E-state index in [1.165, 1.54) is 64.2 Å². The Morgan fingerprint density at radius 3 is 1.64 bits per heavy atom. The molecular formula is C24H47NO3. The van der Waals surface area contributed by atoms with Crippen LogP contribution in [-0.4, -0.2) is 36.5 Å². The third-order valence-corrected chi connectivity index (χ3v) is 5.04. The van der Waals surface area contributed by atoms with Crippen LogP contribution in [-0.2, 0) is 14.3 Å². The SMILES string of the molecule is CCCCCCCCN(CCCCCCCC)C(=O)CCC(=O)OCC(C)C. The van der Waals surface area contributed by atoms with Crippen molar-refractivity contribution < 1.29 is 14.3 Å². The number of carbonyl (C=O) groups is 2. The highest BCUT2D eigenvalue weighted by Crippen LogP contribution is 2.11. The summed E-state index contributed by atoms with van der Waals surface area (Å²) in [6.07, 6.45) is 15.2. The number of carbonyl (C=O) groups excluding carboxylic acids is 2. The molecule has 0 radical (unpaired) electrons. The van der Waals surface area contributed by atoms with E-state index in [1.54, 1.807) is 0 Å². The van der Waals surface area contributed by atoms with Crippen LogP contribution in [0.15, 0.2) is 0 Å². The maximum Gasteiger partial charge on any atom is 0.306 e. The minimum atomic E-state index is -0.249. The summed E-state index contributed by atoms with van der Waals surface area (Å²) in [6, 6.07) is 0. The van der Waals surface area contributed by atoms with Gasteiger partial charge in [-0.1, -0.05) is 91.9 Å². The highest BCUT2D eigenvalue weighted by atomic mass is 16.5. The topological polar surface area (TPSA) is 46.6 Å². The summed E-state index contributed by atoms with van der Waals surface area (Å²) in [4.78, 5) is 26.4. The fourth-order valence-corrected chi connectivity index (χ4v) is 3.23. The van der Waals surface area contributed by atoms with Crippen molar-refractivity contribution in [2.24, 2.45) is 5.92 Å². The zero-order valence-corrected chi connectivity index (χ0v) is 19.3. The summed E-state index contributed by atoms with van der Waals surface area (Å²) in [7, 11) is 0. The van der Waals surface area contributed by atoms with Gasteiger partial charge in [0.1, 0.15) is 0 Å². The highest BCUT2D eigenvalue weighted by molar-refractivity contribution is 5.81. The van der Waals surface area contributed by atoms with Gasteiger partial charge in [-0.15, -0.1) is 0 Å². The molecule has 0 unspecified atom stereocenters. The summed E-state index contributed by atoms with van der Waals surface area (Å²) in [6.45, 7) is 10.6. The number of esters is 1. The first-order valence-corrected chi connectivity index (χ1v) is 11.9. The lowest BCUT2D eigenvalue weighted by Gasteiger charge is -2.23. The van der Waals surface area contributed by atoms with Crippen LogP contribution in [0.3, 0.4) is 0 Å². The molecule has 0 aromatic rings. The minimum Gasteiger partial charge on any atom is -0.465 e. The summed E-state index contributed by atoms with van der Waals surface area (Å²) < 4.78 is 5.20. The van der Waals surface area contributed by atoms with Crippen molar-refractivity contribution in [2.45, 2.75) is 118 Å². The van der Waals surface area contributed by atoms with Crippen molar-refractivity contribution in [3.8, 4) is 0 Å². The summed E-state index contributed by atoms with van der Waals surface area (Å²) in [5.41, 5.74) is 0. The number of rotatable bonds is 19. The lowest BCUT2D eigenvalue weighted by Crippen LogP contribution is -2.33. The number of unbranched alkanes of at least 4 members (excludes halogenated alkanes) is 10. The van der Waals surface area contributed by atoms with Gasteiger partial charge in [-0.25, -0.2) is 0 Å². The first-order valence-electron chi connectivity index (χ1n) is 11.9. The molecule has 0 saturated carbocycles. The Morgan fingerprint density at radius 2 is 1.18 bits per heavy atom. The van der Waals surface area contributed by atoms with E-state index in [0.29, 0.717) is 12.5 Å². The Labute approximate surface area is 174 Å². The van der Waals surface area contributed by atoms with Crippen molar-refractivity contribution in [1.82, 2.24) is 4.90 Å². The molecule has 0 saturated heterocycles. The molecule has 4 heteroatoms. The Balaban J connectivity index is 4.23. The van der Waals surface area contributed by atoms with E-state index >= 15 is 0 Å². The molecule has 0 aliphatic heterocycles.